The van der Waals surface area contributed by atoms with Crippen LogP contribution in [0.1, 0.15) is 38.2 Å². The van der Waals surface area contributed by atoms with Crippen molar-refractivity contribution in [2.75, 3.05) is 10.6 Å². The summed E-state index contributed by atoms with van der Waals surface area (Å²) in [6.07, 6.45) is 2.82. The molecule has 2 aromatic rings. The first-order valence-corrected chi connectivity index (χ1v) is 10.0. The van der Waals surface area contributed by atoms with E-state index in [1.54, 1.807) is 24.3 Å². The molecule has 0 radical (unpaired) electrons. The van der Waals surface area contributed by atoms with Crippen LogP contribution < -0.4 is 16.0 Å². The zero-order valence-electron chi connectivity index (χ0n) is 16.6. The van der Waals surface area contributed by atoms with E-state index < -0.39 is 0 Å². The van der Waals surface area contributed by atoms with Gasteiger partial charge in [0, 0.05) is 36.7 Å². The molecule has 0 aromatic heterocycles. The van der Waals surface area contributed by atoms with Crippen molar-refractivity contribution in [2.45, 2.75) is 39.2 Å². The second-order valence-electron chi connectivity index (χ2n) is 7.50. The summed E-state index contributed by atoms with van der Waals surface area (Å²) < 4.78 is 0. The number of amides is 3. The predicted molar refractivity (Wildman–Crippen MR) is 113 cm³/mol. The number of rotatable bonds is 6. The van der Waals surface area contributed by atoms with E-state index in [2.05, 4.69) is 16.0 Å². The maximum atomic E-state index is 12.6. The number of hydrogen-bond donors (Lipinski definition) is 3. The molecule has 152 valence electrons. The van der Waals surface area contributed by atoms with Gasteiger partial charge >= 0.3 is 0 Å². The fraction of sp³-hybridized carbons (Fsp3) is 0.348. The van der Waals surface area contributed by atoms with E-state index >= 15 is 0 Å². The molecule has 0 bridgehead atoms. The van der Waals surface area contributed by atoms with Crippen LogP contribution in [0.15, 0.2) is 54.6 Å². The first-order chi connectivity index (χ1) is 14.0. The van der Waals surface area contributed by atoms with Gasteiger partial charge in [-0.1, -0.05) is 36.4 Å². The molecular formula is C23H27N3O3. The largest absolute Gasteiger partial charge is 0.352 e. The van der Waals surface area contributed by atoms with Crippen molar-refractivity contribution >= 4 is 29.1 Å². The van der Waals surface area contributed by atoms with Gasteiger partial charge in [-0.2, -0.15) is 0 Å². The summed E-state index contributed by atoms with van der Waals surface area (Å²) in [6.45, 7) is 1.98. The molecular weight excluding hydrogens is 366 g/mol. The molecule has 3 rings (SSSR count). The summed E-state index contributed by atoms with van der Waals surface area (Å²) in [7, 11) is 0. The van der Waals surface area contributed by atoms with Crippen molar-refractivity contribution in [2.24, 2.45) is 11.8 Å². The van der Waals surface area contributed by atoms with Gasteiger partial charge in [0.1, 0.15) is 0 Å². The minimum absolute atomic E-state index is 0.0341. The number of benzene rings is 2. The average Bonchev–Trinajstić information content (AvgIpc) is 2.72. The Morgan fingerprint density at radius 1 is 0.793 bits per heavy atom. The Balaban J connectivity index is 1.45. The maximum absolute atomic E-state index is 12.6. The molecule has 1 aliphatic carbocycles. The van der Waals surface area contributed by atoms with E-state index in [1.165, 1.54) is 6.92 Å². The Labute approximate surface area is 171 Å². The van der Waals surface area contributed by atoms with Crippen LogP contribution in [0, 0.1) is 11.8 Å². The van der Waals surface area contributed by atoms with Gasteiger partial charge in [0.2, 0.25) is 17.7 Å². The number of carbonyl (C=O) groups is 3. The Morgan fingerprint density at radius 2 is 1.38 bits per heavy atom. The third-order valence-corrected chi connectivity index (χ3v) is 5.23. The Morgan fingerprint density at radius 3 is 2.00 bits per heavy atom. The topological polar surface area (TPSA) is 87.3 Å². The molecule has 29 heavy (non-hydrogen) atoms. The summed E-state index contributed by atoms with van der Waals surface area (Å²) in [5, 5.41) is 8.63. The minimum atomic E-state index is -0.155. The number of anilines is 2. The van der Waals surface area contributed by atoms with Crippen LogP contribution >= 0.6 is 0 Å². The van der Waals surface area contributed by atoms with E-state index in [0.717, 1.165) is 5.56 Å². The van der Waals surface area contributed by atoms with E-state index in [1.807, 2.05) is 30.3 Å². The van der Waals surface area contributed by atoms with Crippen molar-refractivity contribution in [3.05, 3.63) is 60.2 Å². The van der Waals surface area contributed by atoms with Crippen LogP contribution in [0.2, 0.25) is 0 Å². The molecule has 0 unspecified atom stereocenters. The van der Waals surface area contributed by atoms with Gasteiger partial charge < -0.3 is 16.0 Å². The molecule has 2 aromatic carbocycles. The van der Waals surface area contributed by atoms with Gasteiger partial charge in [-0.05, 0) is 49.4 Å². The first kappa shape index (κ1) is 20.6. The van der Waals surface area contributed by atoms with Gasteiger partial charge in [0.15, 0.2) is 0 Å². The molecule has 0 saturated heterocycles. The quantitative estimate of drug-likeness (QED) is 0.699. The lowest BCUT2D eigenvalue weighted by molar-refractivity contribution is -0.128. The molecule has 0 heterocycles. The second-order valence-corrected chi connectivity index (χ2v) is 7.50. The van der Waals surface area contributed by atoms with Crippen LogP contribution in [0.3, 0.4) is 0 Å². The summed E-state index contributed by atoms with van der Waals surface area (Å²) in [6, 6.07) is 16.9. The number of nitrogens with one attached hydrogen (secondary N) is 3. The predicted octanol–water partition coefficient (Wildman–Crippen LogP) is 3.71. The molecule has 0 aliphatic heterocycles. The monoisotopic (exact) mass is 393 g/mol. The van der Waals surface area contributed by atoms with Crippen molar-refractivity contribution < 1.29 is 14.4 Å². The zero-order chi connectivity index (χ0) is 20.6. The highest BCUT2D eigenvalue weighted by Gasteiger charge is 2.29. The van der Waals surface area contributed by atoms with Gasteiger partial charge in [-0.25, -0.2) is 0 Å². The summed E-state index contributed by atoms with van der Waals surface area (Å²) in [5.74, 6) is -0.260. The van der Waals surface area contributed by atoms with Gasteiger partial charge in [-0.3, -0.25) is 14.4 Å². The van der Waals surface area contributed by atoms with Crippen LogP contribution in [0.4, 0.5) is 11.4 Å². The lowest BCUT2D eigenvalue weighted by Crippen LogP contribution is -2.35. The van der Waals surface area contributed by atoms with Crippen molar-refractivity contribution in [1.29, 1.82) is 0 Å². The zero-order valence-corrected chi connectivity index (χ0v) is 16.6. The number of carbonyl (C=O) groups excluding carboxylic acids is 3. The molecule has 1 fully saturated rings. The molecule has 6 heteroatoms. The highest BCUT2D eigenvalue weighted by molar-refractivity contribution is 5.94. The SMILES string of the molecule is CC(=O)Nc1cccc(NC(=O)C2CCC(C(=O)NCc3ccccc3)CC2)c1. The number of hydrogen-bond acceptors (Lipinski definition) is 3. The Bertz CT molecular complexity index is 859. The standard InChI is InChI=1S/C23H27N3O3/c1-16(27)25-20-8-5-9-21(14-20)26-23(29)19-12-10-18(11-13-19)22(28)24-15-17-6-3-2-4-7-17/h2-9,14,18-19H,10-13,15H2,1H3,(H,24,28)(H,25,27)(H,26,29). The van der Waals surface area contributed by atoms with Gasteiger partial charge in [0.05, 0.1) is 0 Å². The fourth-order valence-electron chi connectivity index (χ4n) is 3.67. The lowest BCUT2D eigenvalue weighted by atomic mass is 9.81. The average molecular weight is 393 g/mol. The third kappa shape index (κ3) is 6.17. The molecule has 3 N–H and O–H groups in total. The smallest absolute Gasteiger partial charge is 0.227 e. The first-order valence-electron chi connectivity index (χ1n) is 10.0. The van der Waals surface area contributed by atoms with Crippen molar-refractivity contribution in [1.82, 2.24) is 5.32 Å². The van der Waals surface area contributed by atoms with Crippen molar-refractivity contribution in [3.63, 3.8) is 0 Å². The molecule has 0 atom stereocenters. The van der Waals surface area contributed by atoms with E-state index in [9.17, 15) is 14.4 Å². The van der Waals surface area contributed by atoms with E-state index in [0.29, 0.717) is 43.6 Å². The van der Waals surface area contributed by atoms with Crippen LogP contribution in [0.25, 0.3) is 0 Å². The summed E-state index contributed by atoms with van der Waals surface area (Å²) in [4.78, 5) is 36.2. The Kier molecular flexibility index (Phi) is 7.00. The lowest BCUT2D eigenvalue weighted by Gasteiger charge is -2.27. The Hall–Kier alpha value is -3.15. The van der Waals surface area contributed by atoms with Crippen molar-refractivity contribution in [3.8, 4) is 0 Å². The normalized spacial score (nSPS) is 18.5. The third-order valence-electron chi connectivity index (χ3n) is 5.23. The van der Waals surface area contributed by atoms with E-state index in [-0.39, 0.29) is 29.6 Å². The highest BCUT2D eigenvalue weighted by Crippen LogP contribution is 2.30. The van der Waals surface area contributed by atoms with Gasteiger partial charge in [-0.15, -0.1) is 0 Å². The van der Waals surface area contributed by atoms with Crippen LogP contribution in [-0.4, -0.2) is 17.7 Å². The summed E-state index contributed by atoms with van der Waals surface area (Å²) >= 11 is 0. The molecule has 3 amide bonds. The fourth-order valence-corrected chi connectivity index (χ4v) is 3.67. The van der Waals surface area contributed by atoms with Crippen LogP contribution in [-0.2, 0) is 20.9 Å². The van der Waals surface area contributed by atoms with Crippen LogP contribution in [0.5, 0.6) is 0 Å². The maximum Gasteiger partial charge on any atom is 0.227 e. The van der Waals surface area contributed by atoms with E-state index in [4.69, 9.17) is 0 Å². The molecule has 0 spiro atoms. The second kappa shape index (κ2) is 9.87. The minimum Gasteiger partial charge on any atom is -0.352 e. The molecule has 1 saturated carbocycles. The van der Waals surface area contributed by atoms with Gasteiger partial charge in [0.25, 0.3) is 0 Å². The highest BCUT2D eigenvalue weighted by atomic mass is 16.2. The molecule has 1 aliphatic rings. The summed E-state index contributed by atoms with van der Waals surface area (Å²) in [5.41, 5.74) is 2.38. The molecule has 6 nitrogen and oxygen atoms in total.